The number of pyridine rings is 1. The smallest absolute Gasteiger partial charge is 0.157 e. The Hall–Kier alpha value is -2.35. The molecule has 1 aliphatic carbocycles. The van der Waals surface area contributed by atoms with Crippen LogP contribution in [-0.4, -0.2) is 17.4 Å². The predicted octanol–water partition coefficient (Wildman–Crippen LogP) is 2.93. The Morgan fingerprint density at radius 2 is 2.17 bits per heavy atom. The average molecular weight is 338 g/mol. The van der Waals surface area contributed by atoms with Gasteiger partial charge in [0, 0.05) is 22.5 Å². The van der Waals surface area contributed by atoms with E-state index in [2.05, 4.69) is 27.5 Å². The fourth-order valence-corrected chi connectivity index (χ4v) is 3.39. The molecule has 0 spiro atoms. The first-order chi connectivity index (χ1) is 11.7. The maximum Gasteiger partial charge on any atom is 0.157 e. The van der Waals surface area contributed by atoms with Gasteiger partial charge >= 0.3 is 0 Å². The van der Waals surface area contributed by atoms with Gasteiger partial charge in [-0.3, -0.25) is 10.1 Å². The van der Waals surface area contributed by atoms with Gasteiger partial charge in [-0.2, -0.15) is 0 Å². The molecule has 0 saturated heterocycles. The lowest BCUT2D eigenvalue weighted by atomic mass is 9.82. The second kappa shape index (κ2) is 5.94. The van der Waals surface area contributed by atoms with Crippen LogP contribution < -0.4 is 10.6 Å². The summed E-state index contributed by atoms with van der Waals surface area (Å²) in [6.07, 6.45) is 4.26. The van der Waals surface area contributed by atoms with E-state index in [-0.39, 0.29) is 0 Å². The average Bonchev–Trinajstić information content (AvgIpc) is 3.46. The lowest BCUT2D eigenvalue weighted by Gasteiger charge is -2.40. The molecule has 2 heterocycles. The van der Waals surface area contributed by atoms with Crippen molar-refractivity contribution in [3.63, 3.8) is 0 Å². The van der Waals surface area contributed by atoms with E-state index in [1.54, 1.807) is 6.20 Å². The summed E-state index contributed by atoms with van der Waals surface area (Å²) in [5, 5.41) is 7.24. The van der Waals surface area contributed by atoms with Crippen LogP contribution in [0.4, 0.5) is 5.69 Å². The normalized spacial score (nSPS) is 25.0. The zero-order chi connectivity index (χ0) is 16.6. The van der Waals surface area contributed by atoms with E-state index in [1.807, 2.05) is 36.4 Å². The van der Waals surface area contributed by atoms with E-state index in [1.165, 1.54) is 0 Å². The highest BCUT2D eigenvalue weighted by Crippen LogP contribution is 2.49. The third-order valence-electron chi connectivity index (χ3n) is 4.48. The topological polar surface area (TPSA) is 54.0 Å². The third-order valence-corrected chi connectivity index (χ3v) is 4.71. The lowest BCUT2D eigenvalue weighted by Crippen LogP contribution is -2.56. The molecule has 0 bridgehead atoms. The Balaban J connectivity index is 1.86. The molecule has 2 aliphatic rings. The SMILES string of the molecule is O=CC1Nc2ccc(Cl)cc2[C@@](C#Cc2ccccn2)(C2CC2)N1. The van der Waals surface area contributed by atoms with Crippen molar-refractivity contribution in [2.24, 2.45) is 5.92 Å². The van der Waals surface area contributed by atoms with Gasteiger partial charge in [-0.15, -0.1) is 0 Å². The number of anilines is 1. The predicted molar refractivity (Wildman–Crippen MR) is 93.6 cm³/mol. The molecule has 1 aromatic heterocycles. The van der Waals surface area contributed by atoms with Crippen molar-refractivity contribution in [2.45, 2.75) is 24.5 Å². The van der Waals surface area contributed by atoms with Crippen LogP contribution in [0.2, 0.25) is 5.02 Å². The maximum atomic E-state index is 11.4. The van der Waals surface area contributed by atoms with Gasteiger partial charge < -0.3 is 5.32 Å². The molecule has 24 heavy (non-hydrogen) atoms. The molecule has 1 saturated carbocycles. The van der Waals surface area contributed by atoms with Crippen molar-refractivity contribution in [1.82, 2.24) is 10.3 Å². The Morgan fingerprint density at radius 3 is 2.88 bits per heavy atom. The fourth-order valence-electron chi connectivity index (χ4n) is 3.22. The summed E-state index contributed by atoms with van der Waals surface area (Å²) in [5.74, 6) is 6.91. The van der Waals surface area contributed by atoms with Crippen molar-refractivity contribution in [3.05, 3.63) is 58.9 Å². The lowest BCUT2D eigenvalue weighted by molar-refractivity contribution is -0.109. The summed E-state index contributed by atoms with van der Waals surface area (Å²) >= 11 is 6.23. The Labute approximate surface area is 145 Å². The Bertz CT molecular complexity index is 839. The second-order valence-corrected chi connectivity index (χ2v) is 6.58. The number of nitrogens with zero attached hydrogens (tertiary/aromatic N) is 1. The van der Waals surface area contributed by atoms with Crippen molar-refractivity contribution >= 4 is 23.6 Å². The number of carbonyl (C=O) groups is 1. The van der Waals surface area contributed by atoms with E-state index in [0.717, 1.165) is 30.4 Å². The van der Waals surface area contributed by atoms with Gasteiger partial charge in [-0.05, 0) is 55.0 Å². The van der Waals surface area contributed by atoms with Crippen LogP contribution in [0.1, 0.15) is 24.1 Å². The highest BCUT2D eigenvalue weighted by Gasteiger charge is 2.50. The number of aromatic nitrogens is 1. The number of fused-ring (bicyclic) bond motifs is 1. The molecule has 2 N–H and O–H groups in total. The monoisotopic (exact) mass is 337 g/mol. The van der Waals surface area contributed by atoms with Crippen LogP contribution >= 0.6 is 11.6 Å². The minimum atomic E-state index is -0.589. The molecule has 1 aromatic carbocycles. The molecule has 1 aliphatic heterocycles. The van der Waals surface area contributed by atoms with Crippen LogP contribution in [0.3, 0.4) is 0 Å². The summed E-state index contributed by atoms with van der Waals surface area (Å²) in [6, 6.07) is 11.3. The second-order valence-electron chi connectivity index (χ2n) is 6.14. The number of nitrogens with one attached hydrogen (secondary N) is 2. The Morgan fingerprint density at radius 1 is 1.29 bits per heavy atom. The zero-order valence-corrected chi connectivity index (χ0v) is 13.7. The van der Waals surface area contributed by atoms with Crippen LogP contribution in [-0.2, 0) is 10.3 Å². The van der Waals surface area contributed by atoms with Gasteiger partial charge in [0.15, 0.2) is 6.29 Å². The number of hydrogen-bond acceptors (Lipinski definition) is 4. The minimum absolute atomic E-state index is 0.357. The number of halogens is 1. The summed E-state index contributed by atoms with van der Waals surface area (Å²) in [5.41, 5.74) is 2.02. The Kier molecular flexibility index (Phi) is 3.76. The van der Waals surface area contributed by atoms with Gasteiger partial charge in [0.05, 0.1) is 0 Å². The van der Waals surface area contributed by atoms with E-state index in [0.29, 0.717) is 16.6 Å². The first-order valence-electron chi connectivity index (χ1n) is 7.95. The molecule has 1 unspecified atom stereocenters. The van der Waals surface area contributed by atoms with Crippen LogP contribution in [0.25, 0.3) is 0 Å². The van der Waals surface area contributed by atoms with Crippen molar-refractivity contribution < 1.29 is 4.79 Å². The number of carbonyl (C=O) groups excluding carboxylic acids is 1. The first-order valence-corrected chi connectivity index (χ1v) is 8.33. The number of aldehydes is 1. The van der Waals surface area contributed by atoms with Crippen LogP contribution in [0.15, 0.2) is 42.6 Å². The molecular weight excluding hydrogens is 322 g/mol. The van der Waals surface area contributed by atoms with Gasteiger partial charge in [0.2, 0.25) is 0 Å². The molecule has 0 amide bonds. The zero-order valence-electron chi connectivity index (χ0n) is 12.9. The van der Waals surface area contributed by atoms with E-state index >= 15 is 0 Å². The fraction of sp³-hybridized carbons (Fsp3) is 0.263. The third kappa shape index (κ3) is 2.66. The molecule has 0 radical (unpaired) electrons. The van der Waals surface area contributed by atoms with Gasteiger partial charge in [0.1, 0.15) is 17.4 Å². The van der Waals surface area contributed by atoms with Crippen molar-refractivity contribution in [1.29, 1.82) is 0 Å². The highest BCUT2D eigenvalue weighted by atomic mass is 35.5. The summed E-state index contributed by atoms with van der Waals surface area (Å²) in [4.78, 5) is 15.7. The highest BCUT2D eigenvalue weighted by molar-refractivity contribution is 6.30. The largest absolute Gasteiger partial charge is 0.364 e. The van der Waals surface area contributed by atoms with Gasteiger partial charge in [-0.1, -0.05) is 23.6 Å². The van der Waals surface area contributed by atoms with Crippen molar-refractivity contribution in [2.75, 3.05) is 5.32 Å². The molecule has 1 fully saturated rings. The maximum absolute atomic E-state index is 11.4. The molecular formula is C19H16ClN3O. The number of benzene rings is 1. The molecule has 4 nitrogen and oxygen atoms in total. The van der Waals surface area contributed by atoms with E-state index in [9.17, 15) is 4.79 Å². The van der Waals surface area contributed by atoms with E-state index < -0.39 is 11.7 Å². The van der Waals surface area contributed by atoms with Crippen LogP contribution in [0.5, 0.6) is 0 Å². The quantitative estimate of drug-likeness (QED) is 0.653. The van der Waals surface area contributed by atoms with Gasteiger partial charge in [0.25, 0.3) is 0 Å². The standard InChI is InChI=1S/C19H16ClN3O/c20-14-6-7-17-16(11-14)19(13-4-5-13,23-18(12-24)22-17)9-8-15-3-1-2-10-21-15/h1-3,6-7,10-13,18,22-23H,4-5H2/t18?,19-/m1/s1. The molecule has 4 rings (SSSR count). The number of hydrogen-bond donors (Lipinski definition) is 2. The molecule has 2 aromatic rings. The van der Waals surface area contributed by atoms with E-state index in [4.69, 9.17) is 11.6 Å². The summed E-state index contributed by atoms with van der Waals surface area (Å²) < 4.78 is 0. The molecule has 120 valence electrons. The molecule has 5 heteroatoms. The molecule has 2 atom stereocenters. The summed E-state index contributed by atoms with van der Waals surface area (Å²) in [7, 11) is 0. The minimum Gasteiger partial charge on any atom is -0.364 e. The first kappa shape index (κ1) is 15.2. The van der Waals surface area contributed by atoms with Crippen molar-refractivity contribution in [3.8, 4) is 11.8 Å². The number of rotatable bonds is 2. The van der Waals surface area contributed by atoms with Gasteiger partial charge in [-0.25, -0.2) is 4.98 Å². The summed E-state index contributed by atoms with van der Waals surface area (Å²) in [6.45, 7) is 0. The van der Waals surface area contributed by atoms with Crippen LogP contribution in [0, 0.1) is 17.8 Å².